The first-order valence-electron chi connectivity index (χ1n) is 6.83. The Hall–Kier alpha value is -1.26. The van der Waals surface area contributed by atoms with Gasteiger partial charge in [-0.25, -0.2) is 4.79 Å². The molecule has 5 heteroatoms. The third kappa shape index (κ3) is 3.01. The molecule has 0 aromatic heterocycles. The fourth-order valence-electron chi connectivity index (χ4n) is 2.84. The average molecular weight is 269 g/mol. The van der Waals surface area contributed by atoms with E-state index in [4.69, 9.17) is 9.47 Å². The predicted molar refractivity (Wildman–Crippen MR) is 69.6 cm³/mol. The van der Waals surface area contributed by atoms with Crippen molar-refractivity contribution >= 4 is 12.1 Å². The van der Waals surface area contributed by atoms with Gasteiger partial charge in [-0.05, 0) is 45.4 Å². The summed E-state index contributed by atoms with van der Waals surface area (Å²) in [4.78, 5) is 25.2. The maximum Gasteiger partial charge on any atom is 0.410 e. The molecule has 0 radical (unpaired) electrons. The Labute approximate surface area is 114 Å². The summed E-state index contributed by atoms with van der Waals surface area (Å²) in [5.41, 5.74) is -0.369. The predicted octanol–water partition coefficient (Wildman–Crippen LogP) is 2.20. The minimum absolute atomic E-state index is 0.0401. The summed E-state index contributed by atoms with van der Waals surface area (Å²) < 4.78 is 10.2. The van der Waals surface area contributed by atoms with Gasteiger partial charge in [0.25, 0.3) is 0 Å². The molecule has 1 unspecified atom stereocenters. The monoisotopic (exact) mass is 269 g/mol. The first-order valence-corrected chi connectivity index (χ1v) is 6.83. The summed E-state index contributed by atoms with van der Waals surface area (Å²) in [5, 5.41) is 0. The maximum atomic E-state index is 11.9. The topological polar surface area (TPSA) is 55.8 Å². The van der Waals surface area contributed by atoms with Gasteiger partial charge in [0.1, 0.15) is 5.60 Å². The Balaban J connectivity index is 1.84. The molecule has 0 bridgehead atoms. The van der Waals surface area contributed by atoms with E-state index in [1.165, 1.54) is 7.11 Å². The summed E-state index contributed by atoms with van der Waals surface area (Å²) in [6, 6.07) is 0. The smallest absolute Gasteiger partial charge is 0.410 e. The van der Waals surface area contributed by atoms with Crippen molar-refractivity contribution in [3.8, 4) is 0 Å². The number of rotatable bonds is 1. The zero-order valence-electron chi connectivity index (χ0n) is 12.2. The Kier molecular flexibility index (Phi) is 3.49. The summed E-state index contributed by atoms with van der Waals surface area (Å²) in [7, 11) is 1.43. The molecule has 108 valence electrons. The van der Waals surface area contributed by atoms with Crippen LogP contribution in [-0.4, -0.2) is 42.8 Å². The summed E-state index contributed by atoms with van der Waals surface area (Å²) >= 11 is 0. The van der Waals surface area contributed by atoms with Crippen molar-refractivity contribution in [2.75, 3.05) is 20.2 Å². The van der Waals surface area contributed by atoms with Crippen LogP contribution in [0.3, 0.4) is 0 Å². The lowest BCUT2D eigenvalue weighted by molar-refractivity contribution is -0.143. The Morgan fingerprint density at radius 3 is 2.26 bits per heavy atom. The lowest BCUT2D eigenvalue weighted by Crippen LogP contribution is -2.42. The zero-order chi connectivity index (χ0) is 14.3. The van der Waals surface area contributed by atoms with Gasteiger partial charge in [0.05, 0.1) is 13.0 Å². The Morgan fingerprint density at radius 1 is 1.21 bits per heavy atom. The van der Waals surface area contributed by atoms with E-state index in [-0.39, 0.29) is 23.4 Å². The fourth-order valence-corrected chi connectivity index (χ4v) is 2.84. The lowest BCUT2D eigenvalue weighted by atomic mass is 9.91. The van der Waals surface area contributed by atoms with Crippen LogP contribution >= 0.6 is 0 Å². The number of amides is 1. The van der Waals surface area contributed by atoms with Crippen molar-refractivity contribution in [3.05, 3.63) is 0 Å². The molecule has 1 atom stereocenters. The SMILES string of the molecule is COC(=O)C1CC12CCN(C(=O)OC(C)(C)C)CC2. The highest BCUT2D eigenvalue weighted by Gasteiger charge is 2.59. The molecule has 1 heterocycles. The second-order valence-corrected chi connectivity index (χ2v) is 6.61. The highest BCUT2D eigenvalue weighted by Crippen LogP contribution is 2.59. The number of carbonyl (C=O) groups excluding carboxylic acids is 2. The molecule has 2 aliphatic rings. The van der Waals surface area contributed by atoms with Crippen LogP contribution in [0.1, 0.15) is 40.0 Å². The van der Waals surface area contributed by atoms with E-state index in [9.17, 15) is 9.59 Å². The molecular weight excluding hydrogens is 246 g/mol. The van der Waals surface area contributed by atoms with Crippen LogP contribution in [0, 0.1) is 11.3 Å². The van der Waals surface area contributed by atoms with Crippen molar-refractivity contribution in [1.29, 1.82) is 0 Å². The van der Waals surface area contributed by atoms with E-state index in [0.717, 1.165) is 19.3 Å². The molecule has 1 saturated carbocycles. The molecule has 1 spiro atoms. The standard InChI is InChI=1S/C14H23NO4/c1-13(2,3)19-12(17)15-7-5-14(6-8-15)9-10(14)11(16)18-4/h10H,5-9H2,1-4H3. The molecule has 1 saturated heterocycles. The van der Waals surface area contributed by atoms with Crippen LogP contribution in [-0.2, 0) is 14.3 Å². The second-order valence-electron chi connectivity index (χ2n) is 6.61. The van der Waals surface area contributed by atoms with Gasteiger partial charge in [0.15, 0.2) is 0 Å². The van der Waals surface area contributed by atoms with Gasteiger partial charge in [0, 0.05) is 13.1 Å². The van der Waals surface area contributed by atoms with Gasteiger partial charge in [-0.2, -0.15) is 0 Å². The Morgan fingerprint density at radius 2 is 1.79 bits per heavy atom. The van der Waals surface area contributed by atoms with Gasteiger partial charge in [-0.3, -0.25) is 4.79 Å². The first-order chi connectivity index (χ1) is 8.77. The minimum atomic E-state index is -0.458. The molecule has 5 nitrogen and oxygen atoms in total. The van der Waals surface area contributed by atoms with E-state index in [0.29, 0.717) is 13.1 Å². The molecule has 2 fully saturated rings. The number of likely N-dealkylation sites (tertiary alicyclic amines) is 1. The van der Waals surface area contributed by atoms with Crippen LogP contribution < -0.4 is 0 Å². The molecule has 19 heavy (non-hydrogen) atoms. The van der Waals surface area contributed by atoms with Gasteiger partial charge in [-0.15, -0.1) is 0 Å². The molecule has 1 amide bonds. The number of carbonyl (C=O) groups is 2. The highest BCUT2D eigenvalue weighted by atomic mass is 16.6. The molecule has 1 aliphatic carbocycles. The van der Waals surface area contributed by atoms with Crippen LogP contribution in [0.4, 0.5) is 4.79 Å². The van der Waals surface area contributed by atoms with Crippen molar-refractivity contribution in [2.24, 2.45) is 11.3 Å². The van der Waals surface area contributed by atoms with Crippen LogP contribution in [0.15, 0.2) is 0 Å². The van der Waals surface area contributed by atoms with Gasteiger partial charge < -0.3 is 14.4 Å². The number of hydrogen-bond acceptors (Lipinski definition) is 4. The normalized spacial score (nSPS) is 25.1. The van der Waals surface area contributed by atoms with Gasteiger partial charge in [-0.1, -0.05) is 0 Å². The number of nitrogens with zero attached hydrogens (tertiary/aromatic N) is 1. The molecule has 2 rings (SSSR count). The van der Waals surface area contributed by atoms with Crippen LogP contribution in [0.25, 0.3) is 0 Å². The Bertz CT molecular complexity index is 377. The van der Waals surface area contributed by atoms with Crippen molar-refractivity contribution in [3.63, 3.8) is 0 Å². The first kappa shape index (κ1) is 14.2. The quantitative estimate of drug-likeness (QED) is 0.685. The maximum absolute atomic E-state index is 11.9. The largest absolute Gasteiger partial charge is 0.469 e. The van der Waals surface area contributed by atoms with Crippen molar-refractivity contribution in [1.82, 2.24) is 4.90 Å². The average Bonchev–Trinajstić information content (AvgIpc) is 3.01. The second kappa shape index (κ2) is 4.69. The third-order valence-corrected chi connectivity index (χ3v) is 4.09. The van der Waals surface area contributed by atoms with Crippen LogP contribution in [0.5, 0.6) is 0 Å². The zero-order valence-corrected chi connectivity index (χ0v) is 12.2. The number of hydrogen-bond donors (Lipinski definition) is 0. The van der Waals surface area contributed by atoms with Gasteiger partial charge in [0.2, 0.25) is 0 Å². The van der Waals surface area contributed by atoms with Gasteiger partial charge >= 0.3 is 12.1 Å². The van der Waals surface area contributed by atoms with Crippen LogP contribution in [0.2, 0.25) is 0 Å². The molecule has 1 aliphatic heterocycles. The number of ether oxygens (including phenoxy) is 2. The van der Waals surface area contributed by atoms with E-state index >= 15 is 0 Å². The van der Waals surface area contributed by atoms with E-state index in [1.807, 2.05) is 20.8 Å². The lowest BCUT2D eigenvalue weighted by Gasteiger charge is -2.34. The van der Waals surface area contributed by atoms with E-state index < -0.39 is 5.60 Å². The number of methoxy groups -OCH3 is 1. The molecule has 0 N–H and O–H groups in total. The number of piperidine rings is 1. The highest BCUT2D eigenvalue weighted by molar-refractivity contribution is 5.77. The minimum Gasteiger partial charge on any atom is -0.469 e. The van der Waals surface area contributed by atoms with Crippen molar-refractivity contribution in [2.45, 2.75) is 45.6 Å². The fraction of sp³-hybridized carbons (Fsp3) is 0.857. The number of esters is 1. The van der Waals surface area contributed by atoms with Crippen molar-refractivity contribution < 1.29 is 19.1 Å². The third-order valence-electron chi connectivity index (χ3n) is 4.09. The summed E-state index contributed by atoms with van der Waals surface area (Å²) in [6.45, 7) is 6.93. The summed E-state index contributed by atoms with van der Waals surface area (Å²) in [6.07, 6.45) is 2.39. The summed E-state index contributed by atoms with van der Waals surface area (Å²) in [5.74, 6) is -0.0657. The molecule has 0 aromatic rings. The van der Waals surface area contributed by atoms with E-state index in [1.54, 1.807) is 4.90 Å². The van der Waals surface area contributed by atoms with E-state index in [2.05, 4.69) is 0 Å². The molecule has 0 aromatic carbocycles. The molecular formula is C14H23NO4.